The molecule has 3 N–H and O–H groups in total. The van der Waals surface area contributed by atoms with E-state index in [0.29, 0.717) is 29.9 Å². The number of hydrogen-bond donors (Lipinski definition) is 3. The summed E-state index contributed by atoms with van der Waals surface area (Å²) in [4.78, 5) is 38.1. The minimum absolute atomic E-state index is 0.0397. The second-order valence-electron chi connectivity index (χ2n) is 11.9. The van der Waals surface area contributed by atoms with Gasteiger partial charge in [0.1, 0.15) is 23.1 Å². The van der Waals surface area contributed by atoms with E-state index < -0.39 is 35.9 Å². The van der Waals surface area contributed by atoms with Crippen molar-refractivity contribution < 1.29 is 34.1 Å². The molecule has 5 atom stereocenters. The molecule has 7 nitrogen and oxygen atoms in total. The largest absolute Gasteiger partial charge is 0.478 e. The molecule has 1 aromatic heterocycles. The van der Waals surface area contributed by atoms with Crippen LogP contribution in [0.5, 0.6) is 0 Å². The molecule has 0 aliphatic heterocycles. The molecule has 1 heterocycles. The molecule has 0 saturated heterocycles. The van der Waals surface area contributed by atoms with Gasteiger partial charge in [-0.25, -0.2) is 4.79 Å². The van der Waals surface area contributed by atoms with Crippen molar-refractivity contribution >= 4 is 29.1 Å². The lowest BCUT2D eigenvalue weighted by molar-refractivity contribution is -0.145. The summed E-state index contributed by atoms with van der Waals surface area (Å²) in [7, 11) is 0. The Kier molecular flexibility index (Phi) is 6.97. The van der Waals surface area contributed by atoms with Gasteiger partial charge in [0, 0.05) is 24.3 Å². The summed E-state index contributed by atoms with van der Waals surface area (Å²) in [5, 5.41) is 31.6. The maximum Gasteiger partial charge on any atom is 0.337 e. The molecule has 0 amide bonds. The van der Waals surface area contributed by atoms with Gasteiger partial charge in [-0.2, -0.15) is 0 Å². The van der Waals surface area contributed by atoms with Gasteiger partial charge in [-0.05, 0) is 47.9 Å². The Morgan fingerprint density at radius 1 is 0.944 bits per heavy atom. The van der Waals surface area contributed by atoms with Gasteiger partial charge < -0.3 is 19.7 Å². The highest BCUT2D eigenvalue weighted by Crippen LogP contribution is 2.50. The Balaban J connectivity index is 1.77. The lowest BCUT2D eigenvalue weighted by Gasteiger charge is -2.45. The molecule has 2 aromatic rings. The van der Waals surface area contributed by atoms with Gasteiger partial charge in [-0.15, -0.1) is 0 Å². The highest BCUT2D eigenvalue weighted by molar-refractivity contribution is 6.33. The fourth-order valence-electron chi connectivity index (χ4n) is 6.12. The van der Waals surface area contributed by atoms with Gasteiger partial charge in [-0.3, -0.25) is 9.59 Å². The number of furan rings is 1. The number of carbonyl (C=O) groups is 3. The van der Waals surface area contributed by atoms with Crippen LogP contribution >= 0.6 is 11.6 Å². The summed E-state index contributed by atoms with van der Waals surface area (Å²) in [5.41, 5.74) is -0.248. The molecular formula is C28H33ClO7. The fraction of sp³-hybridized carbons (Fsp3) is 0.536. The maximum absolute atomic E-state index is 13.4. The summed E-state index contributed by atoms with van der Waals surface area (Å²) >= 11 is 6.14. The SMILES string of the molecule is CC1(C)CC(=O)[C@@H](C(c2ccc(-c3ccc(C(=O)O)c(Cl)c3)o2)[C@H]2C(=O)CC(C)(C)C[C@@H]2O)[C@H](O)C1. The van der Waals surface area contributed by atoms with Crippen molar-refractivity contribution in [1.29, 1.82) is 0 Å². The molecule has 0 bridgehead atoms. The number of ketones is 2. The smallest absolute Gasteiger partial charge is 0.337 e. The first-order valence-electron chi connectivity index (χ1n) is 12.2. The van der Waals surface area contributed by atoms with Gasteiger partial charge in [-0.1, -0.05) is 45.4 Å². The zero-order valence-electron chi connectivity index (χ0n) is 21.0. The number of halogens is 1. The van der Waals surface area contributed by atoms with Crippen molar-refractivity contribution in [3.63, 3.8) is 0 Å². The summed E-state index contributed by atoms with van der Waals surface area (Å²) in [6, 6.07) is 7.76. The quantitative estimate of drug-likeness (QED) is 0.504. The third-order valence-corrected chi connectivity index (χ3v) is 7.93. The number of Topliss-reactive ketones (excluding diaryl/α,β-unsaturated/α-hetero) is 2. The number of hydrogen-bond acceptors (Lipinski definition) is 6. The van der Waals surface area contributed by atoms with Crippen molar-refractivity contribution in [2.75, 3.05) is 0 Å². The van der Waals surface area contributed by atoms with E-state index in [1.165, 1.54) is 12.1 Å². The zero-order chi connectivity index (χ0) is 26.6. The second kappa shape index (κ2) is 9.43. The second-order valence-corrected chi connectivity index (χ2v) is 12.3. The minimum atomic E-state index is -1.15. The van der Waals surface area contributed by atoms with Gasteiger partial charge in [0.2, 0.25) is 0 Å². The van der Waals surface area contributed by atoms with E-state index in [0.717, 1.165) is 0 Å². The highest BCUT2D eigenvalue weighted by Gasteiger charge is 2.53. The normalized spacial score (nSPS) is 28.6. The highest BCUT2D eigenvalue weighted by atomic mass is 35.5. The van der Waals surface area contributed by atoms with Crippen LogP contribution in [0.4, 0.5) is 0 Å². The number of carboxylic acid groups (broad SMARTS) is 1. The molecule has 4 rings (SSSR count). The molecule has 1 aromatic carbocycles. The fourth-order valence-corrected chi connectivity index (χ4v) is 6.39. The molecule has 2 saturated carbocycles. The molecule has 2 fully saturated rings. The van der Waals surface area contributed by atoms with Crippen molar-refractivity contribution in [2.24, 2.45) is 22.7 Å². The van der Waals surface area contributed by atoms with Gasteiger partial charge in [0.05, 0.1) is 34.6 Å². The first-order valence-corrected chi connectivity index (χ1v) is 12.6. The van der Waals surface area contributed by atoms with Crippen molar-refractivity contribution in [3.8, 4) is 11.3 Å². The van der Waals surface area contributed by atoms with Gasteiger partial charge >= 0.3 is 5.97 Å². The summed E-state index contributed by atoms with van der Waals surface area (Å²) in [6.07, 6.45) is -0.677. The molecule has 36 heavy (non-hydrogen) atoms. The standard InChI is InChI=1S/C28H33ClO7/c1-27(2)10-17(30)23(18(31)11-27)25(24-19(32)12-28(3,4)13-20(24)33)22-8-7-21(36-22)14-5-6-15(26(34)35)16(29)9-14/h5-9,17,19,23-25,30,32H,10-13H2,1-4H3,(H,34,35)/t17-,19+,23+,24-,25?. The van der Waals surface area contributed by atoms with Crippen molar-refractivity contribution in [3.05, 3.63) is 46.7 Å². The zero-order valence-corrected chi connectivity index (χ0v) is 21.7. The van der Waals surface area contributed by atoms with E-state index >= 15 is 0 Å². The Hall–Kier alpha value is -2.48. The minimum Gasteiger partial charge on any atom is -0.478 e. The molecule has 2 aliphatic rings. The number of aliphatic hydroxyl groups is 2. The first kappa shape index (κ1) is 26.6. The maximum atomic E-state index is 13.4. The van der Waals surface area contributed by atoms with E-state index in [-0.39, 0.29) is 45.8 Å². The van der Waals surface area contributed by atoms with Crippen LogP contribution in [0, 0.1) is 22.7 Å². The summed E-state index contributed by atoms with van der Waals surface area (Å²) in [5.74, 6) is -3.35. The van der Waals surface area contributed by atoms with Crippen LogP contribution < -0.4 is 0 Å². The van der Waals surface area contributed by atoms with Crippen LogP contribution in [-0.2, 0) is 9.59 Å². The third-order valence-electron chi connectivity index (χ3n) is 7.61. The number of rotatable bonds is 5. The van der Waals surface area contributed by atoms with Crippen LogP contribution in [0.2, 0.25) is 5.02 Å². The molecule has 194 valence electrons. The van der Waals surface area contributed by atoms with Gasteiger partial charge in [0.15, 0.2) is 0 Å². The van der Waals surface area contributed by atoms with Crippen LogP contribution in [-0.4, -0.2) is 45.1 Å². The molecule has 1 unspecified atom stereocenters. The summed E-state index contributed by atoms with van der Waals surface area (Å²) in [6.45, 7) is 7.71. The topological polar surface area (TPSA) is 125 Å². The molecule has 0 radical (unpaired) electrons. The van der Waals surface area contributed by atoms with Gasteiger partial charge in [0.25, 0.3) is 0 Å². The van der Waals surface area contributed by atoms with Crippen LogP contribution in [0.15, 0.2) is 34.7 Å². The van der Waals surface area contributed by atoms with E-state index in [1.54, 1.807) is 18.2 Å². The Bertz CT molecular complexity index is 1150. The lowest BCUT2D eigenvalue weighted by atomic mass is 9.59. The van der Waals surface area contributed by atoms with E-state index in [9.17, 15) is 29.7 Å². The number of aromatic carboxylic acids is 1. The Morgan fingerprint density at radius 3 is 1.92 bits per heavy atom. The lowest BCUT2D eigenvalue weighted by Crippen LogP contribution is -2.51. The van der Waals surface area contributed by atoms with Crippen molar-refractivity contribution in [2.45, 2.75) is 71.5 Å². The molecule has 2 aliphatic carbocycles. The molecule has 8 heteroatoms. The van der Waals surface area contributed by atoms with Crippen LogP contribution in [0.1, 0.15) is 75.4 Å². The first-order chi connectivity index (χ1) is 16.7. The van der Waals surface area contributed by atoms with Crippen LogP contribution in [0.25, 0.3) is 11.3 Å². The predicted molar refractivity (Wildman–Crippen MR) is 134 cm³/mol. The van der Waals surface area contributed by atoms with E-state index in [2.05, 4.69) is 0 Å². The number of carboxylic acids is 1. The van der Waals surface area contributed by atoms with E-state index in [1.807, 2.05) is 27.7 Å². The van der Waals surface area contributed by atoms with Crippen LogP contribution in [0.3, 0.4) is 0 Å². The number of carbonyl (C=O) groups excluding carboxylic acids is 2. The number of aliphatic hydroxyl groups excluding tert-OH is 2. The Morgan fingerprint density at radius 2 is 1.47 bits per heavy atom. The number of benzene rings is 1. The Labute approximate surface area is 215 Å². The predicted octanol–water partition coefficient (Wildman–Crippen LogP) is 5.11. The average molecular weight is 517 g/mol. The molecule has 0 spiro atoms. The summed E-state index contributed by atoms with van der Waals surface area (Å²) < 4.78 is 6.16. The monoisotopic (exact) mass is 516 g/mol. The van der Waals surface area contributed by atoms with Crippen molar-refractivity contribution in [1.82, 2.24) is 0 Å². The molecular weight excluding hydrogens is 484 g/mol. The average Bonchev–Trinajstić information content (AvgIpc) is 3.19. The third kappa shape index (κ3) is 5.15. The van der Waals surface area contributed by atoms with E-state index in [4.69, 9.17) is 16.0 Å².